The number of aryl methyl sites for hydroxylation is 2. The molecule has 2 fully saturated rings. The molecule has 2 aliphatic rings. The summed E-state index contributed by atoms with van der Waals surface area (Å²) in [4.78, 5) is 17.0. The van der Waals surface area contributed by atoms with Gasteiger partial charge in [0.25, 0.3) is 0 Å². The van der Waals surface area contributed by atoms with Crippen LogP contribution in [0.25, 0.3) is 11.0 Å². The van der Waals surface area contributed by atoms with E-state index >= 15 is 0 Å². The lowest BCUT2D eigenvalue weighted by molar-refractivity contribution is -0.181. The summed E-state index contributed by atoms with van der Waals surface area (Å²) in [5.41, 5.74) is 2.62. The number of carbonyl (C=O) groups excluding carboxylic acids is 1. The number of carbonyl (C=O) groups is 1. The summed E-state index contributed by atoms with van der Waals surface area (Å²) >= 11 is 2.73. The highest BCUT2D eigenvalue weighted by molar-refractivity contribution is 7.12. The molecule has 1 saturated carbocycles. The first-order valence-corrected chi connectivity index (χ1v) is 19.2. The predicted molar refractivity (Wildman–Crippen MR) is 193 cm³/mol. The van der Waals surface area contributed by atoms with Gasteiger partial charge in [-0.25, -0.2) is 9.48 Å². The Bertz CT molecular complexity index is 1840. The number of piperidine rings is 1. The van der Waals surface area contributed by atoms with Crippen LogP contribution in [0.1, 0.15) is 77.5 Å². The number of benzene rings is 2. The van der Waals surface area contributed by atoms with Crippen molar-refractivity contribution in [3.8, 4) is 5.75 Å². The van der Waals surface area contributed by atoms with Crippen LogP contribution in [0.2, 0.25) is 0 Å². The molecule has 1 atom stereocenters. The standard InChI is InChI=1S/C38H44N4O6S2/c43-25-28-22-27(10-12-33(28)45)32(44)6-1-5-26-9-11-31-30(21-26)39-40-42(31)16-4-15-41-17-13-37(14-18-41)23-29(24-37)48-36(46)38(47,34-7-2-19-49-34)35-8-3-20-50-35/h2-3,7-12,19-22,29,32,43-45,47H,1,4-6,13-18,23-25H2/t32-/m0/s1. The van der Waals surface area contributed by atoms with E-state index < -0.39 is 17.7 Å². The van der Waals surface area contributed by atoms with Gasteiger partial charge in [-0.2, -0.15) is 0 Å². The third kappa shape index (κ3) is 7.23. The maximum atomic E-state index is 13.3. The third-order valence-electron chi connectivity index (χ3n) is 10.6. The highest BCUT2D eigenvalue weighted by atomic mass is 32.1. The minimum atomic E-state index is -1.75. The van der Waals surface area contributed by atoms with Crippen molar-refractivity contribution in [3.05, 3.63) is 97.9 Å². The Hall–Kier alpha value is -3.65. The van der Waals surface area contributed by atoms with Crippen LogP contribution in [0.4, 0.5) is 0 Å². The number of hydrogen-bond donors (Lipinski definition) is 4. The van der Waals surface area contributed by atoms with Crippen LogP contribution in [0.15, 0.2) is 71.4 Å². The van der Waals surface area contributed by atoms with Crippen molar-refractivity contribution in [1.29, 1.82) is 0 Å². The van der Waals surface area contributed by atoms with Gasteiger partial charge in [-0.05, 0) is 135 Å². The normalized spacial score (nSPS) is 17.3. The molecule has 1 spiro atoms. The zero-order valence-corrected chi connectivity index (χ0v) is 29.6. The molecule has 4 N–H and O–H groups in total. The third-order valence-corrected chi connectivity index (χ3v) is 12.5. The molecule has 0 radical (unpaired) electrons. The summed E-state index contributed by atoms with van der Waals surface area (Å²) in [5, 5.41) is 53.9. The number of rotatable bonds is 14. The maximum Gasteiger partial charge on any atom is 0.349 e. The van der Waals surface area contributed by atoms with Crippen molar-refractivity contribution >= 4 is 39.7 Å². The molecule has 1 aliphatic heterocycles. The van der Waals surface area contributed by atoms with Gasteiger partial charge >= 0.3 is 5.97 Å². The topological polar surface area (TPSA) is 141 Å². The van der Waals surface area contributed by atoms with E-state index in [2.05, 4.69) is 33.4 Å². The summed E-state index contributed by atoms with van der Waals surface area (Å²) in [7, 11) is 0. The number of aliphatic hydroxyl groups is 3. The first kappa shape index (κ1) is 34.8. The highest BCUT2D eigenvalue weighted by Gasteiger charge is 2.51. The number of ether oxygens (including phenoxy) is 1. The van der Waals surface area contributed by atoms with Crippen LogP contribution in [-0.4, -0.2) is 72.0 Å². The van der Waals surface area contributed by atoms with Gasteiger partial charge in [0.05, 0.1) is 28.0 Å². The average Bonchev–Trinajstić information content (AvgIpc) is 3.92. The molecule has 0 bridgehead atoms. The van der Waals surface area contributed by atoms with E-state index in [1.807, 2.05) is 27.6 Å². The predicted octanol–water partition coefficient (Wildman–Crippen LogP) is 5.92. The van der Waals surface area contributed by atoms with Crippen LogP contribution >= 0.6 is 22.7 Å². The van der Waals surface area contributed by atoms with E-state index in [1.165, 1.54) is 28.7 Å². The summed E-state index contributed by atoms with van der Waals surface area (Å²) < 4.78 is 7.91. The molecule has 1 saturated heterocycles. The molecule has 7 rings (SSSR count). The Kier molecular flexibility index (Phi) is 10.4. The second-order valence-electron chi connectivity index (χ2n) is 13.9. The maximum absolute atomic E-state index is 13.3. The number of esters is 1. The molecule has 50 heavy (non-hydrogen) atoms. The molecule has 1 aliphatic carbocycles. The average molecular weight is 717 g/mol. The fourth-order valence-electron chi connectivity index (χ4n) is 7.56. The van der Waals surface area contributed by atoms with Crippen molar-refractivity contribution in [2.75, 3.05) is 19.6 Å². The summed E-state index contributed by atoms with van der Waals surface area (Å²) in [6.45, 7) is 3.57. The number of likely N-dealkylation sites (tertiary alicyclic amines) is 1. The zero-order valence-electron chi connectivity index (χ0n) is 28.0. The lowest BCUT2D eigenvalue weighted by Crippen LogP contribution is -2.52. The SMILES string of the molecule is O=C(OC1CC2(CCN(CCCn3nnc4cc(CCC[C@H](O)c5ccc(O)c(CO)c5)ccc43)CC2)C1)C(O)(c1cccs1)c1cccs1. The van der Waals surface area contributed by atoms with Gasteiger partial charge in [0.1, 0.15) is 17.4 Å². The summed E-state index contributed by atoms with van der Waals surface area (Å²) in [6.07, 6.45) is 6.21. The van der Waals surface area contributed by atoms with Gasteiger partial charge < -0.3 is 30.1 Å². The second kappa shape index (κ2) is 14.9. The van der Waals surface area contributed by atoms with Crippen LogP contribution in [-0.2, 0) is 34.7 Å². The van der Waals surface area contributed by atoms with Gasteiger partial charge in [-0.1, -0.05) is 29.5 Å². The van der Waals surface area contributed by atoms with E-state index in [0.717, 1.165) is 87.7 Å². The van der Waals surface area contributed by atoms with Crippen molar-refractivity contribution in [1.82, 2.24) is 19.9 Å². The van der Waals surface area contributed by atoms with E-state index in [-0.39, 0.29) is 23.9 Å². The Morgan fingerprint density at radius 1 is 1.00 bits per heavy atom. The zero-order chi connectivity index (χ0) is 34.7. The Morgan fingerprint density at radius 2 is 1.74 bits per heavy atom. The monoisotopic (exact) mass is 716 g/mol. The first-order chi connectivity index (χ1) is 24.3. The first-order valence-electron chi connectivity index (χ1n) is 17.4. The summed E-state index contributed by atoms with van der Waals surface area (Å²) in [5.74, 6) is -0.539. The lowest BCUT2D eigenvalue weighted by Gasteiger charge is -2.51. The van der Waals surface area contributed by atoms with Gasteiger partial charge in [-0.15, -0.1) is 27.8 Å². The second-order valence-corrected chi connectivity index (χ2v) is 15.8. The molecule has 2 aromatic carbocycles. The summed E-state index contributed by atoms with van der Waals surface area (Å²) in [6, 6.07) is 18.4. The molecule has 0 unspecified atom stereocenters. The smallest absolute Gasteiger partial charge is 0.349 e. The fourth-order valence-corrected chi connectivity index (χ4v) is 9.28. The number of aromatic hydroxyl groups is 1. The van der Waals surface area contributed by atoms with Crippen LogP contribution in [0, 0.1) is 5.41 Å². The van der Waals surface area contributed by atoms with Crippen molar-refractivity contribution < 1.29 is 30.0 Å². The Labute approximate surface area is 299 Å². The molecule has 0 amide bonds. The minimum Gasteiger partial charge on any atom is -0.508 e. The van der Waals surface area contributed by atoms with E-state index in [0.29, 0.717) is 27.3 Å². The molecule has 12 heteroatoms. The molecule has 3 aromatic heterocycles. The van der Waals surface area contributed by atoms with E-state index in [9.17, 15) is 25.2 Å². The molecule has 264 valence electrons. The van der Waals surface area contributed by atoms with Gasteiger partial charge in [0, 0.05) is 12.1 Å². The number of thiophene rings is 2. The Morgan fingerprint density at radius 3 is 2.42 bits per heavy atom. The van der Waals surface area contributed by atoms with Crippen molar-refractivity contribution in [2.45, 2.75) is 82.3 Å². The van der Waals surface area contributed by atoms with Crippen LogP contribution in [0.3, 0.4) is 0 Å². The number of fused-ring (bicyclic) bond motifs is 1. The molecular weight excluding hydrogens is 673 g/mol. The van der Waals surface area contributed by atoms with Crippen molar-refractivity contribution in [2.24, 2.45) is 5.41 Å². The molecular formula is C38H44N4O6S2. The lowest BCUT2D eigenvalue weighted by atomic mass is 9.61. The number of aliphatic hydroxyl groups excluding tert-OH is 2. The van der Waals surface area contributed by atoms with Gasteiger partial charge in [0.2, 0.25) is 5.60 Å². The van der Waals surface area contributed by atoms with Gasteiger partial charge in [0.15, 0.2) is 0 Å². The molecule has 4 heterocycles. The quantitative estimate of drug-likeness (QED) is 0.103. The fraction of sp³-hybridized carbons (Fsp3) is 0.447. The number of nitrogens with zero attached hydrogens (tertiary/aromatic N) is 4. The van der Waals surface area contributed by atoms with Crippen LogP contribution < -0.4 is 0 Å². The Balaban J connectivity index is 0.832. The van der Waals surface area contributed by atoms with E-state index in [1.54, 1.807) is 24.3 Å². The minimum absolute atomic E-state index is 0.0334. The molecule has 10 nitrogen and oxygen atoms in total. The number of aromatic nitrogens is 3. The number of phenols is 1. The molecule has 5 aromatic rings. The van der Waals surface area contributed by atoms with Crippen LogP contribution in [0.5, 0.6) is 5.75 Å². The largest absolute Gasteiger partial charge is 0.508 e. The van der Waals surface area contributed by atoms with Crippen molar-refractivity contribution in [3.63, 3.8) is 0 Å². The highest BCUT2D eigenvalue weighted by Crippen LogP contribution is 2.51. The van der Waals surface area contributed by atoms with Gasteiger partial charge in [-0.3, -0.25) is 0 Å². The van der Waals surface area contributed by atoms with E-state index in [4.69, 9.17) is 4.74 Å². The number of hydrogen-bond acceptors (Lipinski definition) is 11.